The van der Waals surface area contributed by atoms with Gasteiger partial charge in [-0.3, -0.25) is 19.5 Å². The number of aryl methyl sites for hydroxylation is 1. The molecule has 1 aromatic carbocycles. The van der Waals surface area contributed by atoms with Gasteiger partial charge in [-0.05, 0) is 38.3 Å². The SMILES string of the molecule is CC(N)C1CCCCN1C(=O)CCn1[nH]c(=O)c2ccccc2c1=O.Cl. The van der Waals surface area contributed by atoms with Crippen molar-refractivity contribution >= 4 is 29.1 Å². The Morgan fingerprint density at radius 2 is 1.96 bits per heavy atom. The average molecular weight is 381 g/mol. The number of likely N-dealkylation sites (tertiary alicyclic amines) is 1. The molecule has 3 N–H and O–H groups in total. The van der Waals surface area contributed by atoms with E-state index in [0.717, 1.165) is 19.3 Å². The summed E-state index contributed by atoms with van der Waals surface area (Å²) in [4.78, 5) is 39.0. The van der Waals surface area contributed by atoms with Gasteiger partial charge in [0.2, 0.25) is 5.91 Å². The lowest BCUT2D eigenvalue weighted by molar-refractivity contribution is -0.135. The molecule has 7 nitrogen and oxygen atoms in total. The van der Waals surface area contributed by atoms with Gasteiger partial charge in [-0.15, -0.1) is 12.4 Å². The number of fused-ring (bicyclic) bond motifs is 1. The molecule has 1 amide bonds. The van der Waals surface area contributed by atoms with Crippen molar-refractivity contribution in [3.05, 3.63) is 45.0 Å². The number of nitrogens with two attached hydrogens (primary N) is 1. The number of carbonyl (C=O) groups excluding carboxylic acids is 1. The van der Waals surface area contributed by atoms with Crippen LogP contribution >= 0.6 is 12.4 Å². The zero-order valence-electron chi connectivity index (χ0n) is 14.8. The maximum Gasteiger partial charge on any atom is 0.273 e. The fourth-order valence-corrected chi connectivity index (χ4v) is 3.57. The molecule has 8 heteroatoms. The van der Waals surface area contributed by atoms with E-state index in [1.54, 1.807) is 24.3 Å². The number of nitrogens with zero attached hydrogens (tertiary/aromatic N) is 2. The molecule has 3 rings (SSSR count). The highest BCUT2D eigenvalue weighted by atomic mass is 35.5. The molecule has 0 bridgehead atoms. The smallest absolute Gasteiger partial charge is 0.273 e. The van der Waals surface area contributed by atoms with E-state index in [4.69, 9.17) is 5.73 Å². The quantitative estimate of drug-likeness (QED) is 0.832. The van der Waals surface area contributed by atoms with Gasteiger partial charge < -0.3 is 10.6 Å². The number of H-pyrrole nitrogens is 1. The van der Waals surface area contributed by atoms with Crippen molar-refractivity contribution in [3.8, 4) is 0 Å². The Kier molecular flexibility index (Phi) is 6.61. The molecule has 1 aliphatic heterocycles. The number of carbonyl (C=O) groups is 1. The summed E-state index contributed by atoms with van der Waals surface area (Å²) in [6, 6.07) is 6.66. The second-order valence-corrected chi connectivity index (χ2v) is 6.70. The number of aromatic nitrogens is 2. The van der Waals surface area contributed by atoms with Gasteiger partial charge in [0.15, 0.2) is 0 Å². The van der Waals surface area contributed by atoms with Crippen LogP contribution in [0.2, 0.25) is 0 Å². The van der Waals surface area contributed by atoms with Gasteiger partial charge in [0.05, 0.1) is 17.3 Å². The number of piperidine rings is 1. The van der Waals surface area contributed by atoms with Crippen molar-refractivity contribution in [2.45, 2.75) is 51.2 Å². The van der Waals surface area contributed by atoms with Crippen molar-refractivity contribution in [2.75, 3.05) is 6.54 Å². The van der Waals surface area contributed by atoms with Crippen molar-refractivity contribution in [2.24, 2.45) is 5.73 Å². The first kappa shape index (κ1) is 20.2. The molecular weight excluding hydrogens is 356 g/mol. The first-order chi connectivity index (χ1) is 12.0. The first-order valence-corrected chi connectivity index (χ1v) is 8.76. The largest absolute Gasteiger partial charge is 0.338 e. The van der Waals surface area contributed by atoms with Crippen LogP contribution in [0.4, 0.5) is 0 Å². The Hall–Kier alpha value is -2.12. The second kappa shape index (κ2) is 8.51. The maximum absolute atomic E-state index is 12.6. The summed E-state index contributed by atoms with van der Waals surface area (Å²) in [5.41, 5.74) is 5.40. The van der Waals surface area contributed by atoms with E-state index in [1.807, 2.05) is 11.8 Å². The van der Waals surface area contributed by atoms with Crippen molar-refractivity contribution < 1.29 is 4.79 Å². The molecule has 1 saturated heterocycles. The lowest BCUT2D eigenvalue weighted by atomic mass is 9.96. The molecule has 2 heterocycles. The van der Waals surface area contributed by atoms with Gasteiger partial charge in [0.25, 0.3) is 11.1 Å². The van der Waals surface area contributed by atoms with Crippen LogP contribution in [0.15, 0.2) is 33.9 Å². The van der Waals surface area contributed by atoms with Crippen LogP contribution in [-0.4, -0.2) is 39.2 Å². The summed E-state index contributed by atoms with van der Waals surface area (Å²) in [6.45, 7) is 2.77. The normalized spacial score (nSPS) is 18.4. The van der Waals surface area contributed by atoms with Gasteiger partial charge in [-0.2, -0.15) is 0 Å². The summed E-state index contributed by atoms with van der Waals surface area (Å²) >= 11 is 0. The van der Waals surface area contributed by atoms with Crippen LogP contribution in [0, 0.1) is 0 Å². The van der Waals surface area contributed by atoms with Crippen LogP contribution in [0.25, 0.3) is 10.8 Å². The maximum atomic E-state index is 12.6. The molecule has 2 unspecified atom stereocenters. The zero-order valence-corrected chi connectivity index (χ0v) is 15.6. The van der Waals surface area contributed by atoms with Crippen molar-refractivity contribution in [1.82, 2.24) is 14.7 Å². The zero-order chi connectivity index (χ0) is 18.0. The summed E-state index contributed by atoms with van der Waals surface area (Å²) in [6.07, 6.45) is 3.13. The molecule has 26 heavy (non-hydrogen) atoms. The van der Waals surface area contributed by atoms with Crippen LogP contribution in [0.1, 0.15) is 32.6 Å². The van der Waals surface area contributed by atoms with Crippen LogP contribution in [0.5, 0.6) is 0 Å². The predicted octanol–water partition coefficient (Wildman–Crippen LogP) is 1.23. The van der Waals surface area contributed by atoms with E-state index in [2.05, 4.69) is 5.10 Å². The fourth-order valence-electron chi connectivity index (χ4n) is 3.57. The monoisotopic (exact) mass is 380 g/mol. The minimum Gasteiger partial charge on any atom is -0.338 e. The number of hydrogen-bond donors (Lipinski definition) is 2. The summed E-state index contributed by atoms with van der Waals surface area (Å²) in [5, 5.41) is 3.29. The van der Waals surface area contributed by atoms with E-state index >= 15 is 0 Å². The number of rotatable bonds is 4. The molecule has 1 fully saturated rings. The number of nitrogens with one attached hydrogen (secondary N) is 1. The van der Waals surface area contributed by atoms with Gasteiger partial charge in [0, 0.05) is 25.0 Å². The molecule has 0 aliphatic carbocycles. The van der Waals surface area contributed by atoms with Crippen molar-refractivity contribution in [1.29, 1.82) is 0 Å². The van der Waals surface area contributed by atoms with E-state index in [1.165, 1.54) is 4.68 Å². The molecule has 0 radical (unpaired) electrons. The third kappa shape index (κ3) is 3.99. The lowest BCUT2D eigenvalue weighted by Gasteiger charge is -2.38. The van der Waals surface area contributed by atoms with E-state index in [-0.39, 0.29) is 54.5 Å². The molecule has 1 aromatic heterocycles. The molecular formula is C18H25ClN4O3. The highest BCUT2D eigenvalue weighted by Gasteiger charge is 2.28. The predicted molar refractivity (Wildman–Crippen MR) is 104 cm³/mol. The van der Waals surface area contributed by atoms with Crippen molar-refractivity contribution in [3.63, 3.8) is 0 Å². The topological polar surface area (TPSA) is 101 Å². The minimum atomic E-state index is -0.325. The number of hydrogen-bond acceptors (Lipinski definition) is 4. The first-order valence-electron chi connectivity index (χ1n) is 8.76. The highest BCUT2D eigenvalue weighted by Crippen LogP contribution is 2.20. The lowest BCUT2D eigenvalue weighted by Crippen LogP contribution is -2.52. The van der Waals surface area contributed by atoms with Gasteiger partial charge in [-0.1, -0.05) is 12.1 Å². The van der Waals surface area contributed by atoms with Crippen LogP contribution in [0.3, 0.4) is 0 Å². The van der Waals surface area contributed by atoms with Crippen LogP contribution in [-0.2, 0) is 11.3 Å². The Bertz CT molecular complexity index is 890. The Morgan fingerprint density at radius 1 is 1.27 bits per heavy atom. The van der Waals surface area contributed by atoms with Gasteiger partial charge in [0.1, 0.15) is 0 Å². The summed E-state index contributed by atoms with van der Waals surface area (Å²) < 4.78 is 1.23. The third-order valence-electron chi connectivity index (χ3n) is 4.91. The third-order valence-corrected chi connectivity index (χ3v) is 4.91. The molecule has 0 spiro atoms. The molecule has 142 valence electrons. The standard InChI is InChI=1S/C18H24N4O3.ClH/c1-12(19)15-8-4-5-10-21(15)16(23)9-11-22-18(25)14-7-3-2-6-13(14)17(24)20-22;/h2-3,6-7,12,15H,4-5,8-11,19H2,1H3,(H,20,24);1H. The number of aromatic amines is 1. The van der Waals surface area contributed by atoms with E-state index in [0.29, 0.717) is 17.3 Å². The number of amides is 1. The number of benzene rings is 1. The average Bonchev–Trinajstić information content (AvgIpc) is 2.63. The van der Waals surface area contributed by atoms with E-state index < -0.39 is 0 Å². The Labute approximate surface area is 157 Å². The molecule has 1 aliphatic rings. The van der Waals surface area contributed by atoms with Gasteiger partial charge in [-0.25, -0.2) is 4.68 Å². The summed E-state index contributed by atoms with van der Waals surface area (Å²) in [5.74, 6) is -0.0251. The Morgan fingerprint density at radius 3 is 2.65 bits per heavy atom. The number of halogens is 1. The fraction of sp³-hybridized carbons (Fsp3) is 0.500. The summed E-state index contributed by atoms with van der Waals surface area (Å²) in [7, 11) is 0. The molecule has 2 atom stereocenters. The molecule has 0 saturated carbocycles. The van der Waals surface area contributed by atoms with Gasteiger partial charge >= 0.3 is 0 Å². The Balaban J connectivity index is 0.00000243. The minimum absolute atomic E-state index is 0. The van der Waals surface area contributed by atoms with Crippen LogP contribution < -0.4 is 16.9 Å². The highest BCUT2D eigenvalue weighted by molar-refractivity contribution is 5.85. The van der Waals surface area contributed by atoms with E-state index in [9.17, 15) is 14.4 Å². The molecule has 2 aromatic rings. The second-order valence-electron chi connectivity index (χ2n) is 6.70.